The maximum atomic E-state index is 5.90. The van der Waals surface area contributed by atoms with E-state index in [1.807, 2.05) is 12.1 Å². The van der Waals surface area contributed by atoms with E-state index in [2.05, 4.69) is 62.9 Å². The second-order valence-corrected chi connectivity index (χ2v) is 4.70. The molecule has 0 spiro atoms. The van der Waals surface area contributed by atoms with Crippen LogP contribution in [0.5, 0.6) is 0 Å². The first kappa shape index (κ1) is 13.2. The van der Waals surface area contributed by atoms with Crippen molar-refractivity contribution in [3.8, 4) is 0 Å². The van der Waals surface area contributed by atoms with Gasteiger partial charge in [0.25, 0.3) is 0 Å². The van der Waals surface area contributed by atoms with Gasteiger partial charge in [-0.25, -0.2) is 0 Å². The van der Waals surface area contributed by atoms with Crippen LogP contribution in [-0.4, -0.2) is 0 Å². The molecule has 0 aliphatic rings. The Morgan fingerprint density at radius 1 is 0.842 bits per heavy atom. The molecule has 0 amide bonds. The molecule has 2 aromatic carbocycles. The van der Waals surface area contributed by atoms with E-state index in [0.717, 1.165) is 16.8 Å². The van der Waals surface area contributed by atoms with Crippen molar-refractivity contribution in [3.05, 3.63) is 70.8 Å². The van der Waals surface area contributed by atoms with Crippen LogP contribution in [0, 0.1) is 13.8 Å². The average Bonchev–Trinajstić information content (AvgIpc) is 2.45. The summed E-state index contributed by atoms with van der Waals surface area (Å²) in [5.41, 5.74) is 12.7. The second kappa shape index (κ2) is 5.57. The predicted molar refractivity (Wildman–Crippen MR) is 85.8 cm³/mol. The van der Waals surface area contributed by atoms with Crippen molar-refractivity contribution in [1.82, 2.24) is 0 Å². The summed E-state index contributed by atoms with van der Waals surface area (Å²) in [6, 6.07) is 12.3. The van der Waals surface area contributed by atoms with Gasteiger partial charge >= 0.3 is 0 Å². The molecule has 1 heteroatoms. The van der Waals surface area contributed by atoms with Gasteiger partial charge in [-0.1, -0.05) is 55.1 Å². The van der Waals surface area contributed by atoms with Gasteiger partial charge in [-0.3, -0.25) is 0 Å². The van der Waals surface area contributed by atoms with Gasteiger partial charge in [-0.2, -0.15) is 0 Å². The zero-order chi connectivity index (χ0) is 13.8. The third-order valence-electron chi connectivity index (χ3n) is 3.50. The summed E-state index contributed by atoms with van der Waals surface area (Å²) in [5, 5.41) is 0. The molecule has 0 unspecified atom stereocenters. The van der Waals surface area contributed by atoms with Gasteiger partial charge in [0, 0.05) is 5.69 Å². The fraction of sp³-hybridized carbons (Fsp3) is 0.111. The molecular formula is C18H19N. The van der Waals surface area contributed by atoms with Gasteiger partial charge in [0.2, 0.25) is 0 Å². The molecule has 0 heterocycles. The van der Waals surface area contributed by atoms with Crippen LogP contribution in [0.15, 0.2) is 43.0 Å². The summed E-state index contributed by atoms with van der Waals surface area (Å²) in [5.74, 6) is 0. The third kappa shape index (κ3) is 2.94. The Morgan fingerprint density at radius 3 is 2.11 bits per heavy atom. The van der Waals surface area contributed by atoms with Crippen molar-refractivity contribution < 1.29 is 0 Å². The van der Waals surface area contributed by atoms with Crippen LogP contribution in [0.4, 0.5) is 5.69 Å². The Balaban J connectivity index is 2.27. The minimum absolute atomic E-state index is 0.852. The Kier molecular flexibility index (Phi) is 3.86. The smallest absolute Gasteiger partial charge is 0.0346 e. The summed E-state index contributed by atoms with van der Waals surface area (Å²) in [7, 11) is 0. The molecule has 96 valence electrons. The molecule has 19 heavy (non-hydrogen) atoms. The summed E-state index contributed by atoms with van der Waals surface area (Å²) in [6.45, 7) is 7.91. The van der Waals surface area contributed by atoms with E-state index in [0.29, 0.717) is 0 Å². The third-order valence-corrected chi connectivity index (χ3v) is 3.50. The van der Waals surface area contributed by atoms with Crippen LogP contribution < -0.4 is 5.73 Å². The standard InChI is InChI=1S/C18H19N/c1-4-15-5-7-16(8-6-15)9-10-17-11-12-18(19)14(3)13(17)2/h4-12H,1,19H2,2-3H3/b10-9+. The van der Waals surface area contributed by atoms with Crippen molar-refractivity contribution in [2.45, 2.75) is 13.8 Å². The first-order valence-electron chi connectivity index (χ1n) is 6.38. The fourth-order valence-electron chi connectivity index (χ4n) is 1.97. The summed E-state index contributed by atoms with van der Waals surface area (Å²) in [6.07, 6.45) is 6.09. The van der Waals surface area contributed by atoms with Gasteiger partial charge in [0.15, 0.2) is 0 Å². The van der Waals surface area contributed by atoms with Crippen molar-refractivity contribution >= 4 is 23.9 Å². The molecular weight excluding hydrogens is 230 g/mol. The highest BCUT2D eigenvalue weighted by Crippen LogP contribution is 2.21. The lowest BCUT2D eigenvalue weighted by molar-refractivity contribution is 1.33. The maximum Gasteiger partial charge on any atom is 0.0346 e. The van der Waals surface area contributed by atoms with Gasteiger partial charge in [0.1, 0.15) is 0 Å². The minimum Gasteiger partial charge on any atom is -0.399 e. The molecule has 0 bridgehead atoms. The highest BCUT2D eigenvalue weighted by Gasteiger charge is 2.01. The van der Waals surface area contributed by atoms with Crippen molar-refractivity contribution in [3.63, 3.8) is 0 Å². The Bertz CT molecular complexity index is 619. The molecule has 0 fully saturated rings. The minimum atomic E-state index is 0.852. The van der Waals surface area contributed by atoms with Crippen molar-refractivity contribution in [1.29, 1.82) is 0 Å². The molecule has 0 atom stereocenters. The highest BCUT2D eigenvalue weighted by atomic mass is 14.6. The Morgan fingerprint density at radius 2 is 1.47 bits per heavy atom. The molecule has 0 aliphatic carbocycles. The second-order valence-electron chi connectivity index (χ2n) is 4.70. The van der Waals surface area contributed by atoms with Crippen LogP contribution in [0.1, 0.15) is 27.8 Å². The van der Waals surface area contributed by atoms with Crippen molar-refractivity contribution in [2.24, 2.45) is 0 Å². The van der Waals surface area contributed by atoms with Gasteiger partial charge < -0.3 is 5.73 Å². The summed E-state index contributed by atoms with van der Waals surface area (Å²) in [4.78, 5) is 0. The quantitative estimate of drug-likeness (QED) is 0.619. The zero-order valence-corrected chi connectivity index (χ0v) is 11.5. The van der Waals surface area contributed by atoms with Gasteiger partial charge in [-0.15, -0.1) is 0 Å². The highest BCUT2D eigenvalue weighted by molar-refractivity contribution is 5.73. The molecule has 0 saturated heterocycles. The number of hydrogen-bond acceptors (Lipinski definition) is 1. The number of nitrogen functional groups attached to an aromatic ring is 1. The van der Waals surface area contributed by atoms with E-state index >= 15 is 0 Å². The van der Waals surface area contributed by atoms with E-state index < -0.39 is 0 Å². The van der Waals surface area contributed by atoms with Crippen LogP contribution in [-0.2, 0) is 0 Å². The molecule has 0 aromatic heterocycles. The van der Waals surface area contributed by atoms with Crippen LogP contribution in [0.25, 0.3) is 18.2 Å². The Labute approximate surface area is 115 Å². The fourth-order valence-corrected chi connectivity index (χ4v) is 1.97. The molecule has 2 N–H and O–H groups in total. The van der Waals surface area contributed by atoms with Crippen molar-refractivity contribution in [2.75, 3.05) is 5.73 Å². The van der Waals surface area contributed by atoms with E-state index in [4.69, 9.17) is 5.73 Å². The molecule has 0 radical (unpaired) electrons. The topological polar surface area (TPSA) is 26.0 Å². The molecule has 0 saturated carbocycles. The van der Waals surface area contributed by atoms with E-state index in [1.165, 1.54) is 16.7 Å². The number of benzene rings is 2. The lowest BCUT2D eigenvalue weighted by atomic mass is 10.0. The van der Waals surface area contributed by atoms with E-state index in [-0.39, 0.29) is 0 Å². The van der Waals surface area contributed by atoms with Gasteiger partial charge in [-0.05, 0) is 47.7 Å². The SMILES string of the molecule is C=Cc1ccc(/C=C/c2ccc(N)c(C)c2C)cc1. The van der Waals surface area contributed by atoms with Crippen LogP contribution in [0.2, 0.25) is 0 Å². The molecule has 2 rings (SSSR count). The summed E-state index contributed by atoms with van der Waals surface area (Å²) < 4.78 is 0. The lowest BCUT2D eigenvalue weighted by Gasteiger charge is -2.07. The number of anilines is 1. The molecule has 2 aromatic rings. The Hall–Kier alpha value is -2.28. The van der Waals surface area contributed by atoms with Gasteiger partial charge in [0.05, 0.1) is 0 Å². The predicted octanol–water partition coefficient (Wildman–Crippen LogP) is 4.70. The monoisotopic (exact) mass is 249 g/mol. The largest absolute Gasteiger partial charge is 0.399 e. The van der Waals surface area contributed by atoms with E-state index in [1.54, 1.807) is 0 Å². The molecule has 0 aliphatic heterocycles. The number of hydrogen-bond donors (Lipinski definition) is 1. The van der Waals surface area contributed by atoms with E-state index in [9.17, 15) is 0 Å². The normalized spacial score (nSPS) is 10.8. The first-order chi connectivity index (χ1) is 9.11. The number of rotatable bonds is 3. The summed E-state index contributed by atoms with van der Waals surface area (Å²) >= 11 is 0. The van der Waals surface area contributed by atoms with Crippen LogP contribution in [0.3, 0.4) is 0 Å². The lowest BCUT2D eigenvalue weighted by Crippen LogP contribution is -1.93. The number of nitrogens with two attached hydrogens (primary N) is 1. The maximum absolute atomic E-state index is 5.90. The average molecular weight is 249 g/mol. The molecule has 1 nitrogen and oxygen atoms in total. The zero-order valence-electron chi connectivity index (χ0n) is 11.5. The first-order valence-corrected chi connectivity index (χ1v) is 6.38. The van der Waals surface area contributed by atoms with Crippen LogP contribution >= 0.6 is 0 Å².